The Morgan fingerprint density at radius 1 is 0.933 bits per heavy atom. The summed E-state index contributed by atoms with van der Waals surface area (Å²) in [6, 6.07) is 20.0. The van der Waals surface area contributed by atoms with E-state index in [4.69, 9.17) is 4.98 Å². The first-order valence-corrected chi connectivity index (χ1v) is 10.5. The van der Waals surface area contributed by atoms with Crippen LogP contribution >= 0.6 is 0 Å². The first-order valence-electron chi connectivity index (χ1n) is 10.5. The van der Waals surface area contributed by atoms with Crippen LogP contribution in [0.4, 0.5) is 0 Å². The highest BCUT2D eigenvalue weighted by Crippen LogP contribution is 2.16. The normalized spacial score (nSPS) is 11.4. The maximum absolute atomic E-state index is 13.4. The molecule has 0 fully saturated rings. The van der Waals surface area contributed by atoms with E-state index in [1.807, 2.05) is 53.1 Å². The minimum absolute atomic E-state index is 0.0275. The van der Waals surface area contributed by atoms with E-state index in [-0.39, 0.29) is 5.56 Å². The summed E-state index contributed by atoms with van der Waals surface area (Å²) in [6.07, 6.45) is 2.24. The molecule has 0 radical (unpaired) electrons. The van der Waals surface area contributed by atoms with Crippen molar-refractivity contribution in [3.8, 4) is 5.69 Å². The van der Waals surface area contributed by atoms with Crippen molar-refractivity contribution < 1.29 is 0 Å². The monoisotopic (exact) mass is 401 g/mol. The van der Waals surface area contributed by atoms with Crippen LogP contribution in [0, 0.1) is 0 Å². The Kier molecular flexibility index (Phi) is 6.05. The van der Waals surface area contributed by atoms with E-state index in [9.17, 15) is 4.79 Å². The number of hydrogen-bond donors (Lipinski definition) is 0. The molecule has 154 valence electrons. The van der Waals surface area contributed by atoms with E-state index >= 15 is 0 Å². The Labute approximate surface area is 176 Å². The van der Waals surface area contributed by atoms with Crippen molar-refractivity contribution in [3.63, 3.8) is 0 Å². The fraction of sp³-hybridized carbons (Fsp3) is 0.292. The molecular formula is C24H27N5O. The van der Waals surface area contributed by atoms with Gasteiger partial charge in [-0.2, -0.15) is 5.10 Å². The molecule has 0 aliphatic heterocycles. The molecule has 6 nitrogen and oxygen atoms in total. The highest BCUT2D eigenvalue weighted by Gasteiger charge is 2.17. The van der Waals surface area contributed by atoms with Crippen molar-refractivity contribution in [1.82, 2.24) is 24.2 Å². The molecule has 30 heavy (non-hydrogen) atoms. The second-order valence-electron chi connectivity index (χ2n) is 7.30. The van der Waals surface area contributed by atoms with Gasteiger partial charge < -0.3 is 4.90 Å². The first kappa shape index (κ1) is 20.0. The summed E-state index contributed by atoms with van der Waals surface area (Å²) in [7, 11) is 0. The summed E-state index contributed by atoms with van der Waals surface area (Å²) in [5.41, 5.74) is 2.61. The Morgan fingerprint density at radius 3 is 2.27 bits per heavy atom. The summed E-state index contributed by atoms with van der Waals surface area (Å²) in [5, 5.41) is 5.02. The predicted octanol–water partition coefficient (Wildman–Crippen LogP) is 3.51. The topological polar surface area (TPSA) is 56.0 Å². The van der Waals surface area contributed by atoms with E-state index in [1.54, 1.807) is 10.9 Å². The van der Waals surface area contributed by atoms with Gasteiger partial charge in [0.15, 0.2) is 5.65 Å². The number of likely N-dealkylation sites (N-methyl/N-ethyl adjacent to an activating group) is 1. The molecule has 2 aromatic carbocycles. The molecule has 2 aromatic heterocycles. The van der Waals surface area contributed by atoms with Crippen molar-refractivity contribution in [2.24, 2.45) is 0 Å². The molecular weight excluding hydrogens is 374 g/mol. The summed E-state index contributed by atoms with van der Waals surface area (Å²) in [4.78, 5) is 20.7. The number of nitrogens with zero attached hydrogens (tertiary/aromatic N) is 5. The Morgan fingerprint density at radius 2 is 1.60 bits per heavy atom. The molecule has 0 aliphatic carbocycles. The minimum Gasteiger partial charge on any atom is -0.302 e. The van der Waals surface area contributed by atoms with Crippen LogP contribution < -0.4 is 5.56 Å². The molecule has 0 unspecified atom stereocenters. The number of rotatable bonds is 8. The van der Waals surface area contributed by atoms with Gasteiger partial charge in [0.1, 0.15) is 11.2 Å². The smallest absolute Gasteiger partial charge is 0.264 e. The quantitative estimate of drug-likeness (QED) is 0.453. The molecule has 0 saturated heterocycles. The molecule has 2 heterocycles. The molecule has 0 N–H and O–H groups in total. The fourth-order valence-electron chi connectivity index (χ4n) is 3.73. The SMILES string of the molecule is CCN(CC)CCn1c(Cc2ccccc2)nc2c(cnn2-c2ccccc2)c1=O. The third-order valence-electron chi connectivity index (χ3n) is 5.51. The number of benzene rings is 2. The summed E-state index contributed by atoms with van der Waals surface area (Å²) in [5.74, 6) is 0.767. The van der Waals surface area contributed by atoms with Crippen LogP contribution in [-0.4, -0.2) is 43.9 Å². The van der Waals surface area contributed by atoms with Gasteiger partial charge >= 0.3 is 0 Å². The van der Waals surface area contributed by atoms with E-state index in [1.165, 1.54) is 0 Å². The average molecular weight is 402 g/mol. The molecule has 4 rings (SSSR count). The maximum atomic E-state index is 13.4. The maximum Gasteiger partial charge on any atom is 0.264 e. The lowest BCUT2D eigenvalue weighted by Gasteiger charge is -2.20. The largest absolute Gasteiger partial charge is 0.302 e. The molecule has 0 aliphatic rings. The molecule has 0 atom stereocenters. The van der Waals surface area contributed by atoms with Gasteiger partial charge in [-0.05, 0) is 30.8 Å². The minimum atomic E-state index is -0.0275. The number of aromatic nitrogens is 4. The predicted molar refractivity (Wildman–Crippen MR) is 120 cm³/mol. The molecule has 0 spiro atoms. The third-order valence-corrected chi connectivity index (χ3v) is 5.51. The lowest BCUT2D eigenvalue weighted by atomic mass is 10.1. The van der Waals surface area contributed by atoms with E-state index in [0.29, 0.717) is 24.0 Å². The third kappa shape index (κ3) is 4.04. The van der Waals surface area contributed by atoms with Crippen LogP contribution in [0.15, 0.2) is 71.7 Å². The van der Waals surface area contributed by atoms with Crippen molar-refractivity contribution in [3.05, 3.63) is 88.6 Å². The highest BCUT2D eigenvalue weighted by atomic mass is 16.1. The fourth-order valence-corrected chi connectivity index (χ4v) is 3.73. The van der Waals surface area contributed by atoms with Crippen LogP contribution in [-0.2, 0) is 13.0 Å². The standard InChI is InChI=1S/C24H27N5O/c1-3-27(4-2)15-16-28-22(17-19-11-7-5-8-12-19)26-23-21(24(28)30)18-25-29(23)20-13-9-6-10-14-20/h5-14,18H,3-4,15-17H2,1-2H3. The summed E-state index contributed by atoms with van der Waals surface area (Å²) in [6.45, 7) is 7.63. The molecule has 0 bridgehead atoms. The molecule has 0 amide bonds. The molecule has 6 heteroatoms. The molecule has 4 aromatic rings. The van der Waals surface area contributed by atoms with Crippen molar-refractivity contribution in [2.75, 3.05) is 19.6 Å². The second kappa shape index (κ2) is 9.05. The second-order valence-corrected chi connectivity index (χ2v) is 7.30. The first-order chi connectivity index (χ1) is 14.7. The molecule has 0 saturated carbocycles. The van der Waals surface area contributed by atoms with Crippen molar-refractivity contribution >= 4 is 11.0 Å². The summed E-state index contributed by atoms with van der Waals surface area (Å²) >= 11 is 0. The van der Waals surface area contributed by atoms with Crippen LogP contribution in [0.5, 0.6) is 0 Å². The number of para-hydroxylation sites is 1. The lowest BCUT2D eigenvalue weighted by molar-refractivity contribution is 0.287. The van der Waals surface area contributed by atoms with Gasteiger partial charge in [-0.15, -0.1) is 0 Å². The van der Waals surface area contributed by atoms with Gasteiger partial charge in [0, 0.05) is 19.5 Å². The zero-order chi connectivity index (χ0) is 20.9. The van der Waals surface area contributed by atoms with E-state index in [2.05, 4.69) is 36.0 Å². The van der Waals surface area contributed by atoms with E-state index in [0.717, 1.165) is 36.7 Å². The van der Waals surface area contributed by atoms with Crippen molar-refractivity contribution in [2.45, 2.75) is 26.8 Å². The van der Waals surface area contributed by atoms with Crippen LogP contribution in [0.1, 0.15) is 25.2 Å². The van der Waals surface area contributed by atoms with Gasteiger partial charge in [0.25, 0.3) is 5.56 Å². The van der Waals surface area contributed by atoms with Crippen molar-refractivity contribution in [1.29, 1.82) is 0 Å². The zero-order valence-corrected chi connectivity index (χ0v) is 17.5. The van der Waals surface area contributed by atoms with Gasteiger partial charge in [0.05, 0.1) is 11.9 Å². The van der Waals surface area contributed by atoms with Gasteiger partial charge in [-0.25, -0.2) is 9.67 Å². The van der Waals surface area contributed by atoms with Crippen LogP contribution in [0.3, 0.4) is 0 Å². The van der Waals surface area contributed by atoms with Gasteiger partial charge in [0.2, 0.25) is 0 Å². The van der Waals surface area contributed by atoms with E-state index < -0.39 is 0 Å². The summed E-state index contributed by atoms with van der Waals surface area (Å²) < 4.78 is 3.57. The van der Waals surface area contributed by atoms with Gasteiger partial charge in [-0.1, -0.05) is 62.4 Å². The average Bonchev–Trinajstić information content (AvgIpc) is 3.21. The highest BCUT2D eigenvalue weighted by molar-refractivity contribution is 5.75. The van der Waals surface area contributed by atoms with Crippen LogP contribution in [0.25, 0.3) is 16.7 Å². The Hall–Kier alpha value is -3.25. The van der Waals surface area contributed by atoms with Crippen LogP contribution in [0.2, 0.25) is 0 Å². The lowest BCUT2D eigenvalue weighted by Crippen LogP contribution is -2.33. The Balaban J connectivity index is 1.82. The number of fused-ring (bicyclic) bond motifs is 1. The zero-order valence-electron chi connectivity index (χ0n) is 17.5. The van der Waals surface area contributed by atoms with Gasteiger partial charge in [-0.3, -0.25) is 9.36 Å². The Bertz CT molecular complexity index is 1160. The number of hydrogen-bond acceptors (Lipinski definition) is 4.